The molecule has 0 bridgehead atoms. The largest absolute Gasteiger partial charge is 0.356 e. The monoisotopic (exact) mass is 384 g/mol. The SMILES string of the molecule is CC(=O)N1CCN(Cc2nc(-c3ccc(N4CCC[C@H](C)C4)nc3)no2)CC1. The van der Waals surface area contributed by atoms with Crippen LogP contribution in [0.1, 0.15) is 32.6 Å². The predicted molar refractivity (Wildman–Crippen MR) is 106 cm³/mol. The third-order valence-corrected chi connectivity index (χ3v) is 5.63. The van der Waals surface area contributed by atoms with Crippen LogP contribution < -0.4 is 4.90 Å². The number of rotatable bonds is 4. The molecule has 2 aliphatic heterocycles. The molecule has 0 spiro atoms. The molecular formula is C20H28N6O2. The molecule has 1 amide bonds. The van der Waals surface area contributed by atoms with Crippen LogP contribution in [0.15, 0.2) is 22.9 Å². The highest BCUT2D eigenvalue weighted by Gasteiger charge is 2.21. The molecule has 0 unspecified atom stereocenters. The van der Waals surface area contributed by atoms with E-state index >= 15 is 0 Å². The van der Waals surface area contributed by atoms with E-state index in [0.29, 0.717) is 24.2 Å². The maximum atomic E-state index is 11.4. The van der Waals surface area contributed by atoms with Crippen molar-refractivity contribution in [3.8, 4) is 11.4 Å². The second-order valence-corrected chi connectivity index (χ2v) is 7.89. The van der Waals surface area contributed by atoms with Gasteiger partial charge in [-0.2, -0.15) is 4.98 Å². The summed E-state index contributed by atoms with van der Waals surface area (Å²) in [4.78, 5) is 27.0. The third kappa shape index (κ3) is 4.32. The molecule has 8 heteroatoms. The van der Waals surface area contributed by atoms with Gasteiger partial charge in [0, 0.05) is 58.0 Å². The van der Waals surface area contributed by atoms with Gasteiger partial charge in [-0.15, -0.1) is 0 Å². The Kier molecular flexibility index (Phi) is 5.57. The fraction of sp³-hybridized carbons (Fsp3) is 0.600. The van der Waals surface area contributed by atoms with Crippen molar-refractivity contribution in [3.05, 3.63) is 24.2 Å². The fourth-order valence-electron chi connectivity index (χ4n) is 3.95. The van der Waals surface area contributed by atoms with Gasteiger partial charge in [0.25, 0.3) is 0 Å². The lowest BCUT2D eigenvalue weighted by Crippen LogP contribution is -2.47. The van der Waals surface area contributed by atoms with E-state index in [2.05, 4.69) is 31.8 Å². The molecule has 2 aromatic rings. The number of nitrogens with zero attached hydrogens (tertiary/aromatic N) is 6. The minimum atomic E-state index is 0.134. The van der Waals surface area contributed by atoms with E-state index in [1.807, 2.05) is 23.2 Å². The first-order valence-electron chi connectivity index (χ1n) is 10.1. The zero-order valence-electron chi connectivity index (χ0n) is 16.7. The van der Waals surface area contributed by atoms with Crippen molar-refractivity contribution < 1.29 is 9.32 Å². The topological polar surface area (TPSA) is 78.6 Å². The van der Waals surface area contributed by atoms with Crippen LogP contribution in [0.2, 0.25) is 0 Å². The summed E-state index contributed by atoms with van der Waals surface area (Å²) in [6.07, 6.45) is 4.35. The van der Waals surface area contributed by atoms with Crippen LogP contribution in [0.25, 0.3) is 11.4 Å². The van der Waals surface area contributed by atoms with Crippen LogP contribution >= 0.6 is 0 Å². The molecule has 0 aromatic carbocycles. The number of piperazine rings is 1. The van der Waals surface area contributed by atoms with E-state index in [9.17, 15) is 4.79 Å². The van der Waals surface area contributed by atoms with Gasteiger partial charge in [-0.25, -0.2) is 4.98 Å². The average Bonchev–Trinajstić information content (AvgIpc) is 3.17. The summed E-state index contributed by atoms with van der Waals surface area (Å²) in [7, 11) is 0. The van der Waals surface area contributed by atoms with Crippen LogP contribution in [-0.4, -0.2) is 70.1 Å². The first-order chi connectivity index (χ1) is 13.6. The molecule has 4 rings (SSSR count). The molecule has 1 atom stereocenters. The molecule has 8 nitrogen and oxygen atoms in total. The number of piperidine rings is 1. The lowest BCUT2D eigenvalue weighted by molar-refractivity contribution is -0.130. The molecule has 0 aliphatic carbocycles. The Morgan fingerprint density at radius 1 is 1.21 bits per heavy atom. The van der Waals surface area contributed by atoms with Crippen molar-refractivity contribution in [1.29, 1.82) is 0 Å². The van der Waals surface area contributed by atoms with E-state index in [4.69, 9.17) is 4.52 Å². The van der Waals surface area contributed by atoms with Crippen molar-refractivity contribution in [1.82, 2.24) is 24.9 Å². The molecule has 2 aromatic heterocycles. The summed E-state index contributed by atoms with van der Waals surface area (Å²) in [6, 6.07) is 4.06. The maximum Gasteiger partial charge on any atom is 0.241 e. The summed E-state index contributed by atoms with van der Waals surface area (Å²) in [6.45, 7) is 9.79. The Morgan fingerprint density at radius 2 is 2.04 bits per heavy atom. The molecule has 2 saturated heterocycles. The van der Waals surface area contributed by atoms with Crippen molar-refractivity contribution in [2.45, 2.75) is 33.2 Å². The molecule has 4 heterocycles. The summed E-state index contributed by atoms with van der Waals surface area (Å²) < 4.78 is 5.44. The standard InChI is InChI=1S/C20H28N6O2/c1-15-4-3-7-26(13-15)18-6-5-17(12-21-18)20-22-19(28-23-20)14-24-8-10-25(11-9-24)16(2)27/h5-6,12,15H,3-4,7-11,13-14H2,1-2H3/t15-/m0/s1. The average molecular weight is 384 g/mol. The number of hydrogen-bond acceptors (Lipinski definition) is 7. The normalized spacial score (nSPS) is 21.1. The van der Waals surface area contributed by atoms with Crippen molar-refractivity contribution >= 4 is 11.7 Å². The third-order valence-electron chi connectivity index (χ3n) is 5.63. The Balaban J connectivity index is 1.36. The number of amides is 1. The van der Waals surface area contributed by atoms with E-state index in [0.717, 1.165) is 50.6 Å². The minimum Gasteiger partial charge on any atom is -0.356 e. The Labute approximate surface area is 165 Å². The lowest BCUT2D eigenvalue weighted by atomic mass is 10.0. The smallest absolute Gasteiger partial charge is 0.241 e. The van der Waals surface area contributed by atoms with Gasteiger partial charge in [0.1, 0.15) is 5.82 Å². The van der Waals surface area contributed by atoms with Crippen LogP contribution in [0.4, 0.5) is 5.82 Å². The van der Waals surface area contributed by atoms with E-state index in [1.165, 1.54) is 12.8 Å². The fourth-order valence-corrected chi connectivity index (χ4v) is 3.95. The van der Waals surface area contributed by atoms with Gasteiger partial charge in [-0.1, -0.05) is 12.1 Å². The molecule has 0 radical (unpaired) electrons. The molecule has 2 fully saturated rings. The predicted octanol–water partition coefficient (Wildman–Crippen LogP) is 2.03. The van der Waals surface area contributed by atoms with Crippen LogP contribution in [-0.2, 0) is 11.3 Å². The van der Waals surface area contributed by atoms with Gasteiger partial charge in [-0.05, 0) is 30.9 Å². The summed E-state index contributed by atoms with van der Waals surface area (Å²) in [5, 5.41) is 4.12. The minimum absolute atomic E-state index is 0.134. The second kappa shape index (κ2) is 8.26. The van der Waals surface area contributed by atoms with Crippen molar-refractivity contribution in [2.75, 3.05) is 44.2 Å². The number of carbonyl (C=O) groups is 1. The molecule has 28 heavy (non-hydrogen) atoms. The van der Waals surface area contributed by atoms with Crippen LogP contribution in [0.3, 0.4) is 0 Å². The van der Waals surface area contributed by atoms with Crippen molar-refractivity contribution in [3.63, 3.8) is 0 Å². The van der Waals surface area contributed by atoms with Crippen LogP contribution in [0, 0.1) is 5.92 Å². The summed E-state index contributed by atoms with van der Waals surface area (Å²) in [5.41, 5.74) is 0.866. The first-order valence-corrected chi connectivity index (χ1v) is 10.1. The molecule has 0 saturated carbocycles. The Hall–Kier alpha value is -2.48. The number of anilines is 1. The van der Waals surface area contributed by atoms with Gasteiger partial charge < -0.3 is 14.3 Å². The molecule has 2 aliphatic rings. The first kappa shape index (κ1) is 18.9. The van der Waals surface area contributed by atoms with Gasteiger partial charge in [-0.3, -0.25) is 9.69 Å². The van der Waals surface area contributed by atoms with Crippen LogP contribution in [0.5, 0.6) is 0 Å². The molecular weight excluding hydrogens is 356 g/mol. The number of pyridine rings is 1. The number of carbonyl (C=O) groups excluding carboxylic acids is 1. The van der Waals surface area contributed by atoms with Gasteiger partial charge in [0.2, 0.25) is 17.6 Å². The number of aromatic nitrogens is 3. The van der Waals surface area contributed by atoms with E-state index in [1.54, 1.807) is 6.92 Å². The van der Waals surface area contributed by atoms with E-state index < -0.39 is 0 Å². The highest BCUT2D eigenvalue weighted by atomic mass is 16.5. The summed E-state index contributed by atoms with van der Waals surface area (Å²) >= 11 is 0. The van der Waals surface area contributed by atoms with Crippen molar-refractivity contribution in [2.24, 2.45) is 5.92 Å². The number of hydrogen-bond donors (Lipinski definition) is 0. The highest BCUT2D eigenvalue weighted by molar-refractivity contribution is 5.73. The highest BCUT2D eigenvalue weighted by Crippen LogP contribution is 2.23. The second-order valence-electron chi connectivity index (χ2n) is 7.89. The van der Waals surface area contributed by atoms with Gasteiger partial charge in [0.15, 0.2) is 0 Å². The Morgan fingerprint density at radius 3 is 2.71 bits per heavy atom. The summed E-state index contributed by atoms with van der Waals surface area (Å²) in [5.74, 6) is 3.04. The molecule has 0 N–H and O–H groups in total. The maximum absolute atomic E-state index is 11.4. The Bertz CT molecular complexity index is 797. The zero-order chi connectivity index (χ0) is 19.5. The van der Waals surface area contributed by atoms with Gasteiger partial charge >= 0.3 is 0 Å². The van der Waals surface area contributed by atoms with E-state index in [-0.39, 0.29) is 5.91 Å². The quantitative estimate of drug-likeness (QED) is 0.798. The molecule has 150 valence electrons. The lowest BCUT2D eigenvalue weighted by Gasteiger charge is -2.33. The van der Waals surface area contributed by atoms with Gasteiger partial charge in [0.05, 0.1) is 6.54 Å². The zero-order valence-corrected chi connectivity index (χ0v) is 16.7.